The van der Waals surface area contributed by atoms with E-state index in [1.54, 1.807) is 6.92 Å². The molecule has 1 aromatic carbocycles. The number of rotatable bonds is 8. The van der Waals surface area contributed by atoms with E-state index >= 15 is 0 Å². The molecule has 1 N–H and O–H groups in total. The smallest absolute Gasteiger partial charge is 0.341 e. The SMILES string of the molecule is CCOC(=O)c1c(-c2ccc(C(C)C)cc2)csc1NC(=O)C1CCN(CCC#N)CC1. The lowest BCUT2D eigenvalue weighted by molar-refractivity contribution is -0.121. The lowest BCUT2D eigenvalue weighted by Gasteiger charge is -2.30. The van der Waals surface area contributed by atoms with Gasteiger partial charge in [-0.1, -0.05) is 38.1 Å². The van der Waals surface area contributed by atoms with Crippen molar-refractivity contribution in [1.29, 1.82) is 5.26 Å². The molecule has 3 rings (SSSR count). The zero-order valence-electron chi connectivity index (χ0n) is 19.0. The van der Waals surface area contributed by atoms with Crippen molar-refractivity contribution in [3.8, 4) is 17.2 Å². The van der Waals surface area contributed by atoms with Crippen LogP contribution in [0.2, 0.25) is 0 Å². The number of ether oxygens (including phenoxy) is 1. The van der Waals surface area contributed by atoms with E-state index in [1.165, 1.54) is 16.9 Å². The Morgan fingerprint density at radius 2 is 1.94 bits per heavy atom. The normalized spacial score (nSPS) is 14.8. The standard InChI is InChI=1S/C25H31N3O3S/c1-4-31-25(30)22-21(19-8-6-18(7-9-19)17(2)3)16-32-24(22)27-23(29)20-10-14-28(15-11-20)13-5-12-26/h6-9,16-17,20H,4-5,10-11,13-15H2,1-3H3,(H,27,29). The van der Waals surface area contributed by atoms with Gasteiger partial charge in [-0.15, -0.1) is 11.3 Å². The number of nitrogens with one attached hydrogen (secondary N) is 1. The van der Waals surface area contributed by atoms with Crippen molar-refractivity contribution in [3.63, 3.8) is 0 Å². The average Bonchev–Trinajstić information content (AvgIpc) is 3.21. The minimum absolute atomic E-state index is 0.0564. The Morgan fingerprint density at radius 1 is 1.25 bits per heavy atom. The second-order valence-electron chi connectivity index (χ2n) is 8.36. The van der Waals surface area contributed by atoms with E-state index in [9.17, 15) is 9.59 Å². The number of anilines is 1. The van der Waals surface area contributed by atoms with Crippen molar-refractivity contribution in [1.82, 2.24) is 4.90 Å². The van der Waals surface area contributed by atoms with Crippen LogP contribution in [0.3, 0.4) is 0 Å². The Hall–Kier alpha value is -2.69. The van der Waals surface area contributed by atoms with E-state index < -0.39 is 5.97 Å². The maximum absolute atomic E-state index is 13.0. The highest BCUT2D eigenvalue weighted by molar-refractivity contribution is 7.15. The molecule has 1 saturated heterocycles. The molecule has 2 heterocycles. The number of piperidine rings is 1. The van der Waals surface area contributed by atoms with Crippen LogP contribution < -0.4 is 5.32 Å². The fraction of sp³-hybridized carbons (Fsp3) is 0.480. The van der Waals surface area contributed by atoms with Gasteiger partial charge in [-0.05, 0) is 49.9 Å². The van der Waals surface area contributed by atoms with Crippen molar-refractivity contribution in [2.75, 3.05) is 31.6 Å². The first-order chi connectivity index (χ1) is 15.4. The van der Waals surface area contributed by atoms with Crippen LogP contribution in [-0.4, -0.2) is 43.0 Å². The van der Waals surface area contributed by atoms with Gasteiger partial charge in [0.05, 0.1) is 12.7 Å². The van der Waals surface area contributed by atoms with Crippen LogP contribution in [0.25, 0.3) is 11.1 Å². The Balaban J connectivity index is 1.77. The van der Waals surface area contributed by atoms with Crippen molar-refractivity contribution < 1.29 is 14.3 Å². The van der Waals surface area contributed by atoms with E-state index in [1.807, 2.05) is 17.5 Å². The summed E-state index contributed by atoms with van der Waals surface area (Å²) in [6, 6.07) is 10.4. The summed E-state index contributed by atoms with van der Waals surface area (Å²) in [5.41, 5.74) is 3.37. The highest BCUT2D eigenvalue weighted by atomic mass is 32.1. The van der Waals surface area contributed by atoms with Crippen LogP contribution in [0.15, 0.2) is 29.6 Å². The molecule has 2 aromatic rings. The summed E-state index contributed by atoms with van der Waals surface area (Å²) in [7, 11) is 0. The maximum Gasteiger partial charge on any atom is 0.341 e. The third kappa shape index (κ3) is 5.76. The first kappa shape index (κ1) is 24.0. The summed E-state index contributed by atoms with van der Waals surface area (Å²) in [5.74, 6) is -0.145. The highest BCUT2D eigenvalue weighted by Gasteiger charge is 2.28. The van der Waals surface area contributed by atoms with Crippen LogP contribution in [0.5, 0.6) is 0 Å². The average molecular weight is 454 g/mol. The first-order valence-corrected chi connectivity index (χ1v) is 12.1. The Morgan fingerprint density at radius 3 is 2.53 bits per heavy atom. The molecule has 32 heavy (non-hydrogen) atoms. The fourth-order valence-electron chi connectivity index (χ4n) is 3.96. The van der Waals surface area contributed by atoms with E-state index in [0.29, 0.717) is 22.9 Å². The van der Waals surface area contributed by atoms with Gasteiger partial charge in [0, 0.05) is 29.8 Å². The minimum Gasteiger partial charge on any atom is -0.462 e. The molecule has 1 amide bonds. The second kappa shape index (κ2) is 11.3. The van der Waals surface area contributed by atoms with Gasteiger partial charge < -0.3 is 15.0 Å². The summed E-state index contributed by atoms with van der Waals surface area (Å²) in [5, 5.41) is 14.2. The monoisotopic (exact) mass is 453 g/mol. The number of benzene rings is 1. The number of hydrogen-bond acceptors (Lipinski definition) is 6. The zero-order valence-corrected chi connectivity index (χ0v) is 19.8. The van der Waals surface area contributed by atoms with Crippen LogP contribution in [0.1, 0.15) is 61.9 Å². The number of nitrogens with zero attached hydrogens (tertiary/aromatic N) is 2. The lowest BCUT2D eigenvalue weighted by atomic mass is 9.95. The quantitative estimate of drug-likeness (QED) is 0.550. The van der Waals surface area contributed by atoms with Crippen LogP contribution in [0.4, 0.5) is 5.00 Å². The van der Waals surface area contributed by atoms with Gasteiger partial charge in [0.1, 0.15) is 10.6 Å². The molecule has 0 spiro atoms. The molecule has 0 unspecified atom stereocenters. The van der Waals surface area contributed by atoms with E-state index in [0.717, 1.165) is 43.6 Å². The van der Waals surface area contributed by atoms with Crippen molar-refractivity contribution in [3.05, 3.63) is 40.8 Å². The molecule has 1 fully saturated rings. The molecule has 1 aromatic heterocycles. The molecule has 6 nitrogen and oxygen atoms in total. The minimum atomic E-state index is -0.418. The lowest BCUT2D eigenvalue weighted by Crippen LogP contribution is -2.38. The van der Waals surface area contributed by atoms with Gasteiger partial charge in [-0.3, -0.25) is 4.79 Å². The third-order valence-corrected chi connectivity index (χ3v) is 6.79. The highest BCUT2D eigenvalue weighted by Crippen LogP contribution is 2.37. The Kier molecular flexibility index (Phi) is 8.43. The molecule has 0 atom stereocenters. The Bertz CT molecular complexity index is 967. The van der Waals surface area contributed by atoms with Crippen molar-refractivity contribution >= 4 is 28.2 Å². The van der Waals surface area contributed by atoms with Crippen LogP contribution >= 0.6 is 11.3 Å². The van der Waals surface area contributed by atoms with Crippen molar-refractivity contribution in [2.45, 2.75) is 46.0 Å². The fourth-order valence-corrected chi connectivity index (χ4v) is 4.92. The van der Waals surface area contributed by atoms with Crippen LogP contribution in [-0.2, 0) is 9.53 Å². The topological polar surface area (TPSA) is 82.4 Å². The predicted molar refractivity (Wildman–Crippen MR) is 128 cm³/mol. The molecule has 1 aliphatic heterocycles. The first-order valence-electron chi connectivity index (χ1n) is 11.2. The van der Waals surface area contributed by atoms with E-state index in [4.69, 9.17) is 10.00 Å². The number of carbonyl (C=O) groups is 2. The van der Waals surface area contributed by atoms with Gasteiger partial charge in [0.15, 0.2) is 0 Å². The number of hydrogen-bond donors (Lipinski definition) is 1. The van der Waals surface area contributed by atoms with Gasteiger partial charge in [0.2, 0.25) is 5.91 Å². The van der Waals surface area contributed by atoms with Gasteiger partial charge >= 0.3 is 5.97 Å². The van der Waals surface area contributed by atoms with Gasteiger partial charge in [0.25, 0.3) is 0 Å². The summed E-state index contributed by atoms with van der Waals surface area (Å²) >= 11 is 1.36. The summed E-state index contributed by atoms with van der Waals surface area (Å²) in [6.45, 7) is 8.71. The molecule has 170 valence electrons. The molecule has 0 saturated carbocycles. The molecule has 7 heteroatoms. The number of amides is 1. The zero-order chi connectivity index (χ0) is 23.1. The molecule has 0 aliphatic carbocycles. The van der Waals surface area contributed by atoms with E-state index in [2.05, 4.69) is 42.3 Å². The van der Waals surface area contributed by atoms with Gasteiger partial charge in [-0.2, -0.15) is 5.26 Å². The van der Waals surface area contributed by atoms with Crippen LogP contribution in [0, 0.1) is 17.2 Å². The summed E-state index contributed by atoms with van der Waals surface area (Å²) in [6.07, 6.45) is 2.01. The van der Waals surface area contributed by atoms with Crippen molar-refractivity contribution in [2.24, 2.45) is 5.92 Å². The maximum atomic E-state index is 13.0. The number of carbonyl (C=O) groups excluding carboxylic acids is 2. The van der Waals surface area contributed by atoms with E-state index in [-0.39, 0.29) is 18.4 Å². The second-order valence-corrected chi connectivity index (χ2v) is 9.24. The molecular formula is C25H31N3O3S. The number of likely N-dealkylation sites (tertiary alicyclic amines) is 1. The largest absolute Gasteiger partial charge is 0.462 e. The predicted octanol–water partition coefficient (Wildman–Crippen LogP) is 5.28. The number of nitriles is 1. The van der Waals surface area contributed by atoms with Gasteiger partial charge in [-0.25, -0.2) is 4.79 Å². The molecular weight excluding hydrogens is 422 g/mol. The summed E-state index contributed by atoms with van der Waals surface area (Å²) in [4.78, 5) is 28.0. The number of esters is 1. The summed E-state index contributed by atoms with van der Waals surface area (Å²) < 4.78 is 5.31. The molecule has 0 radical (unpaired) electrons. The Labute approximate surface area is 194 Å². The molecule has 0 bridgehead atoms. The third-order valence-electron chi connectivity index (χ3n) is 5.89. The molecule has 1 aliphatic rings. The number of thiophene rings is 1.